The summed E-state index contributed by atoms with van der Waals surface area (Å²) in [6, 6.07) is 14.0. The van der Waals surface area contributed by atoms with Crippen LogP contribution in [0.25, 0.3) is 0 Å². The highest BCUT2D eigenvalue weighted by atomic mass is 35.5. The highest BCUT2D eigenvalue weighted by Gasteiger charge is 2.08. The van der Waals surface area contributed by atoms with Gasteiger partial charge >= 0.3 is 0 Å². The molecule has 3 rings (SSSR count). The number of nitrogens with one attached hydrogen (secondary N) is 3. The average Bonchev–Trinajstić information content (AvgIpc) is 2.72. The Morgan fingerprint density at radius 1 is 1.00 bits per heavy atom. The van der Waals surface area contributed by atoms with E-state index in [2.05, 4.69) is 37.0 Å². The summed E-state index contributed by atoms with van der Waals surface area (Å²) in [6.45, 7) is 2.73. The maximum atomic E-state index is 6.12. The lowest BCUT2D eigenvalue weighted by molar-refractivity contribution is 0.408. The first kappa shape index (κ1) is 22.5. The third-order valence-corrected chi connectivity index (χ3v) is 5.54. The molecule has 1 heterocycles. The Labute approximate surface area is 190 Å². The van der Waals surface area contributed by atoms with Crippen molar-refractivity contribution in [2.45, 2.75) is 11.8 Å². The molecule has 0 fully saturated rings. The second kappa shape index (κ2) is 11.3. The zero-order chi connectivity index (χ0) is 21.3. The van der Waals surface area contributed by atoms with Crippen LogP contribution in [-0.4, -0.2) is 40.6 Å². The van der Waals surface area contributed by atoms with Crippen molar-refractivity contribution >= 4 is 64.4 Å². The van der Waals surface area contributed by atoms with E-state index < -0.39 is 0 Å². The van der Waals surface area contributed by atoms with E-state index in [1.54, 1.807) is 11.8 Å². The van der Waals surface area contributed by atoms with Crippen molar-refractivity contribution in [3.63, 3.8) is 0 Å². The number of hydrogen-bond acceptors (Lipinski definition) is 9. The van der Waals surface area contributed by atoms with Crippen molar-refractivity contribution in [2.24, 2.45) is 0 Å². The normalized spacial score (nSPS) is 10.7. The smallest absolute Gasteiger partial charge is 0.233 e. The van der Waals surface area contributed by atoms with Gasteiger partial charge in [0.05, 0.1) is 6.61 Å². The molecule has 1 aromatic heterocycles. The molecule has 0 aliphatic rings. The molecule has 0 aliphatic heterocycles. The molecule has 0 amide bonds. The average molecular weight is 463 g/mol. The fourth-order valence-corrected chi connectivity index (χ4v) is 3.93. The van der Waals surface area contributed by atoms with E-state index in [9.17, 15) is 0 Å². The van der Waals surface area contributed by atoms with E-state index in [0.717, 1.165) is 33.3 Å². The number of aryl methyl sites for hydroxylation is 1. The molecule has 0 saturated heterocycles. The second-order valence-electron chi connectivity index (χ2n) is 6.15. The van der Waals surface area contributed by atoms with Crippen LogP contribution >= 0.6 is 35.4 Å². The van der Waals surface area contributed by atoms with Gasteiger partial charge in [-0.15, -0.1) is 11.8 Å². The first-order valence-corrected chi connectivity index (χ1v) is 11.7. The summed E-state index contributed by atoms with van der Waals surface area (Å²) in [6.07, 6.45) is 1.91. The van der Waals surface area contributed by atoms with Gasteiger partial charge in [0.25, 0.3) is 0 Å². The van der Waals surface area contributed by atoms with Crippen LogP contribution in [0.4, 0.5) is 29.0 Å². The Morgan fingerprint density at radius 2 is 1.73 bits per heavy atom. The molecule has 2 aromatic carbocycles. The molecular weight excluding hydrogens is 440 g/mol. The van der Waals surface area contributed by atoms with Crippen molar-refractivity contribution in [3.8, 4) is 0 Å². The van der Waals surface area contributed by atoms with Crippen LogP contribution in [0.3, 0.4) is 0 Å². The summed E-state index contributed by atoms with van der Waals surface area (Å²) in [5.74, 6) is 1.61. The summed E-state index contributed by atoms with van der Waals surface area (Å²) in [5, 5.41) is 9.64. The third kappa shape index (κ3) is 6.66. The van der Waals surface area contributed by atoms with Gasteiger partial charge in [0.1, 0.15) is 0 Å². The first-order valence-electron chi connectivity index (χ1n) is 9.20. The van der Waals surface area contributed by atoms with Crippen molar-refractivity contribution < 1.29 is 4.18 Å². The van der Waals surface area contributed by atoms with Crippen molar-refractivity contribution in [2.75, 3.05) is 41.6 Å². The van der Waals surface area contributed by atoms with Gasteiger partial charge in [0.2, 0.25) is 17.2 Å². The summed E-state index contributed by atoms with van der Waals surface area (Å²) in [7, 11) is 1.89. The Morgan fingerprint density at radius 3 is 2.43 bits per heavy atom. The molecule has 10 heteroatoms. The number of aromatic nitrogens is 3. The predicted octanol–water partition coefficient (Wildman–Crippen LogP) is 5.75. The fourth-order valence-electron chi connectivity index (χ4n) is 2.63. The summed E-state index contributed by atoms with van der Waals surface area (Å²) < 4.78 is 5.31. The molecule has 0 unspecified atom stereocenters. The Hall–Kier alpha value is -2.20. The van der Waals surface area contributed by atoms with Gasteiger partial charge in [0, 0.05) is 41.0 Å². The Bertz CT molecular complexity index is 991. The summed E-state index contributed by atoms with van der Waals surface area (Å²) >= 11 is 9.22. The summed E-state index contributed by atoms with van der Waals surface area (Å²) in [4.78, 5) is 13.9. The third-order valence-electron chi connectivity index (χ3n) is 4.01. The quantitative estimate of drug-likeness (QED) is 0.198. The summed E-state index contributed by atoms with van der Waals surface area (Å²) in [5.41, 5.74) is 3.89. The number of benzene rings is 2. The lowest BCUT2D eigenvalue weighted by Crippen LogP contribution is -2.04. The van der Waals surface area contributed by atoms with Crippen LogP contribution in [0.2, 0.25) is 5.28 Å². The van der Waals surface area contributed by atoms with Gasteiger partial charge in [-0.3, -0.25) is 0 Å². The van der Waals surface area contributed by atoms with Crippen molar-refractivity contribution in [3.05, 3.63) is 53.3 Å². The molecule has 0 saturated carbocycles. The van der Waals surface area contributed by atoms with Gasteiger partial charge in [0.15, 0.2) is 0 Å². The van der Waals surface area contributed by atoms with Crippen LogP contribution in [0, 0.1) is 6.92 Å². The second-order valence-corrected chi connectivity index (χ2v) is 8.22. The molecule has 0 aliphatic carbocycles. The zero-order valence-electron chi connectivity index (χ0n) is 16.9. The van der Waals surface area contributed by atoms with E-state index >= 15 is 0 Å². The Balaban J connectivity index is 1.71. The molecule has 3 N–H and O–H groups in total. The van der Waals surface area contributed by atoms with Crippen LogP contribution < -0.4 is 16.0 Å². The number of hydrogen-bond donors (Lipinski definition) is 3. The zero-order valence-corrected chi connectivity index (χ0v) is 19.3. The van der Waals surface area contributed by atoms with E-state index in [1.807, 2.05) is 56.6 Å². The van der Waals surface area contributed by atoms with E-state index in [1.165, 1.54) is 12.0 Å². The molecule has 0 atom stereocenters. The van der Waals surface area contributed by atoms with Gasteiger partial charge in [-0.05, 0) is 66.5 Å². The number of thioether (sulfide) groups is 1. The molecule has 30 heavy (non-hydrogen) atoms. The number of halogens is 1. The number of anilines is 5. The van der Waals surface area contributed by atoms with E-state index in [-0.39, 0.29) is 5.28 Å². The molecule has 0 bridgehead atoms. The van der Waals surface area contributed by atoms with Crippen molar-refractivity contribution in [1.82, 2.24) is 15.0 Å². The van der Waals surface area contributed by atoms with Crippen LogP contribution in [0.15, 0.2) is 47.4 Å². The first-order chi connectivity index (χ1) is 14.6. The van der Waals surface area contributed by atoms with Crippen LogP contribution in [0.1, 0.15) is 5.56 Å². The van der Waals surface area contributed by atoms with E-state index in [4.69, 9.17) is 15.8 Å². The molecule has 0 spiro atoms. The SMILES string of the molecule is CNc1cc(Nc2nc(Cl)nc(Nc3cccc(SCCOSC)c3)n2)ccc1C. The maximum Gasteiger partial charge on any atom is 0.233 e. The Kier molecular flexibility index (Phi) is 8.44. The van der Waals surface area contributed by atoms with E-state index in [0.29, 0.717) is 18.5 Å². The number of nitrogens with zero attached hydrogens (tertiary/aromatic N) is 3. The lowest BCUT2D eigenvalue weighted by atomic mass is 10.2. The minimum absolute atomic E-state index is 0.107. The highest BCUT2D eigenvalue weighted by molar-refractivity contribution is 7.99. The highest BCUT2D eigenvalue weighted by Crippen LogP contribution is 2.25. The van der Waals surface area contributed by atoms with Gasteiger partial charge in [-0.1, -0.05) is 12.1 Å². The minimum Gasteiger partial charge on any atom is -0.388 e. The van der Waals surface area contributed by atoms with Gasteiger partial charge < -0.3 is 20.1 Å². The largest absolute Gasteiger partial charge is 0.388 e. The molecule has 3 aromatic rings. The molecule has 158 valence electrons. The van der Waals surface area contributed by atoms with Crippen LogP contribution in [-0.2, 0) is 4.18 Å². The van der Waals surface area contributed by atoms with Crippen molar-refractivity contribution in [1.29, 1.82) is 0 Å². The fraction of sp³-hybridized carbons (Fsp3) is 0.250. The predicted molar refractivity (Wildman–Crippen MR) is 129 cm³/mol. The maximum absolute atomic E-state index is 6.12. The molecule has 7 nitrogen and oxygen atoms in total. The lowest BCUT2D eigenvalue weighted by Gasteiger charge is -2.11. The van der Waals surface area contributed by atoms with Gasteiger partial charge in [-0.2, -0.15) is 15.0 Å². The topological polar surface area (TPSA) is 84.0 Å². The number of rotatable bonds is 10. The standard InChI is InChI=1S/C20H23ClN6OS2/c1-13-7-8-15(12-17(13)22-2)24-20-26-18(21)25-19(27-20)23-14-5-4-6-16(11-14)30-10-9-28-29-3/h4-8,11-12,22H,9-10H2,1-3H3,(H2,23,24,25,26,27). The molecular formula is C20H23ClN6OS2. The van der Waals surface area contributed by atoms with Crippen LogP contribution in [0.5, 0.6) is 0 Å². The van der Waals surface area contributed by atoms with Gasteiger partial charge in [-0.25, -0.2) is 0 Å². The molecule has 0 radical (unpaired) electrons. The monoisotopic (exact) mass is 462 g/mol. The minimum atomic E-state index is 0.107.